The molecule has 0 aliphatic rings. The summed E-state index contributed by atoms with van der Waals surface area (Å²) in [6, 6.07) is 7.03. The van der Waals surface area contributed by atoms with Crippen LogP contribution in [-0.4, -0.2) is 20.4 Å². The molecule has 118 valence electrons. The molecule has 0 unspecified atom stereocenters. The molecule has 0 aliphatic heterocycles. The van der Waals surface area contributed by atoms with Gasteiger partial charge in [-0.2, -0.15) is 0 Å². The Hall–Kier alpha value is -2.34. The number of anilines is 1. The summed E-state index contributed by atoms with van der Waals surface area (Å²) in [7, 11) is 0. The molecular weight excluding hydrogens is 358 g/mol. The van der Waals surface area contributed by atoms with Crippen molar-refractivity contribution in [2.45, 2.75) is 20.8 Å². The highest BCUT2D eigenvalue weighted by Crippen LogP contribution is 2.26. The highest BCUT2D eigenvalue weighted by molar-refractivity contribution is 9.10. The zero-order chi connectivity index (χ0) is 16.7. The Balaban J connectivity index is 2.08. The number of nitrogens with zero attached hydrogens (tertiary/aromatic N) is 2. The summed E-state index contributed by atoms with van der Waals surface area (Å²) in [5, 5.41) is 12.7. The lowest BCUT2D eigenvalue weighted by molar-refractivity contribution is 0.102. The molecule has 3 rings (SSSR count). The lowest BCUT2D eigenvalue weighted by Gasteiger charge is -2.09. The van der Waals surface area contributed by atoms with Crippen molar-refractivity contribution in [1.29, 1.82) is 0 Å². The number of carbonyl (C=O) groups is 1. The first kappa shape index (κ1) is 15.6. The number of fused-ring (bicyclic) bond motifs is 1. The van der Waals surface area contributed by atoms with E-state index in [1.165, 1.54) is 0 Å². The van der Waals surface area contributed by atoms with E-state index >= 15 is 0 Å². The molecule has 0 saturated heterocycles. The Labute approximate surface area is 142 Å². The topological polar surface area (TPSA) is 66.6 Å². The maximum atomic E-state index is 12.7. The van der Waals surface area contributed by atoms with Crippen LogP contribution in [0.1, 0.15) is 27.3 Å². The largest absolute Gasteiger partial charge is 0.506 e. The van der Waals surface area contributed by atoms with Crippen LogP contribution in [0.3, 0.4) is 0 Å². The third kappa shape index (κ3) is 2.82. The molecule has 0 fully saturated rings. The van der Waals surface area contributed by atoms with Crippen molar-refractivity contribution in [2.75, 3.05) is 5.32 Å². The summed E-state index contributed by atoms with van der Waals surface area (Å²) in [5.41, 5.74) is 4.13. The standard InChI is InChI=1S/C17H16BrN3O2/c1-9-4-5-14(22)13(6-9)20-17(23)15-11(3)19-16-10(2)7-12(18)8-21(15)16/h4-8,22H,1-3H3,(H,20,23). The van der Waals surface area contributed by atoms with Gasteiger partial charge >= 0.3 is 0 Å². The maximum Gasteiger partial charge on any atom is 0.274 e. The number of phenolic OH excluding ortho intramolecular Hbond substituents is 1. The smallest absolute Gasteiger partial charge is 0.274 e. The van der Waals surface area contributed by atoms with Gasteiger partial charge < -0.3 is 10.4 Å². The molecule has 0 bridgehead atoms. The predicted octanol–water partition coefficient (Wildman–Crippen LogP) is 3.98. The van der Waals surface area contributed by atoms with E-state index in [1.54, 1.807) is 29.5 Å². The van der Waals surface area contributed by atoms with E-state index in [2.05, 4.69) is 26.2 Å². The van der Waals surface area contributed by atoms with Crippen molar-refractivity contribution in [2.24, 2.45) is 0 Å². The third-order valence-electron chi connectivity index (χ3n) is 3.66. The third-order valence-corrected chi connectivity index (χ3v) is 4.09. The summed E-state index contributed by atoms with van der Waals surface area (Å²) < 4.78 is 2.63. The number of rotatable bonds is 2. The molecule has 0 saturated carbocycles. The monoisotopic (exact) mass is 373 g/mol. The van der Waals surface area contributed by atoms with Crippen molar-refractivity contribution in [3.8, 4) is 5.75 Å². The fraction of sp³-hybridized carbons (Fsp3) is 0.176. The van der Waals surface area contributed by atoms with Crippen LogP contribution in [0.15, 0.2) is 34.9 Å². The van der Waals surface area contributed by atoms with E-state index < -0.39 is 0 Å². The van der Waals surface area contributed by atoms with Crippen LogP contribution in [0.5, 0.6) is 5.75 Å². The number of phenols is 1. The molecule has 2 N–H and O–H groups in total. The van der Waals surface area contributed by atoms with E-state index in [0.717, 1.165) is 21.2 Å². The second kappa shape index (κ2) is 5.70. The van der Waals surface area contributed by atoms with Crippen molar-refractivity contribution < 1.29 is 9.90 Å². The molecule has 1 aromatic carbocycles. The van der Waals surface area contributed by atoms with Crippen LogP contribution in [0.2, 0.25) is 0 Å². The molecule has 1 amide bonds. The fourth-order valence-corrected chi connectivity index (χ4v) is 3.14. The second-order valence-electron chi connectivity index (χ2n) is 5.56. The van der Waals surface area contributed by atoms with E-state index in [9.17, 15) is 9.90 Å². The van der Waals surface area contributed by atoms with Gasteiger partial charge in [0, 0.05) is 10.7 Å². The zero-order valence-corrected chi connectivity index (χ0v) is 14.6. The van der Waals surface area contributed by atoms with Crippen molar-refractivity contribution >= 4 is 33.2 Å². The molecule has 3 aromatic rings. The van der Waals surface area contributed by atoms with Gasteiger partial charge in [-0.05, 0) is 66.0 Å². The van der Waals surface area contributed by atoms with E-state index in [4.69, 9.17) is 0 Å². The Morgan fingerprint density at radius 1 is 1.26 bits per heavy atom. The van der Waals surface area contributed by atoms with Gasteiger partial charge in [0.2, 0.25) is 0 Å². The second-order valence-corrected chi connectivity index (χ2v) is 6.47. The number of amides is 1. The first-order valence-corrected chi connectivity index (χ1v) is 7.92. The lowest BCUT2D eigenvalue weighted by Crippen LogP contribution is -2.16. The van der Waals surface area contributed by atoms with E-state index in [1.807, 2.05) is 26.1 Å². The number of pyridine rings is 1. The van der Waals surface area contributed by atoms with Crippen LogP contribution in [0, 0.1) is 20.8 Å². The van der Waals surface area contributed by atoms with Gasteiger partial charge in [-0.25, -0.2) is 4.98 Å². The minimum Gasteiger partial charge on any atom is -0.506 e. The van der Waals surface area contributed by atoms with Crippen LogP contribution < -0.4 is 5.32 Å². The van der Waals surface area contributed by atoms with Gasteiger partial charge in [-0.15, -0.1) is 0 Å². The minimum atomic E-state index is -0.312. The molecular formula is C17H16BrN3O2. The summed E-state index contributed by atoms with van der Waals surface area (Å²) in [5.74, 6) is -0.277. The Bertz CT molecular complexity index is 931. The summed E-state index contributed by atoms with van der Waals surface area (Å²) in [6.45, 7) is 5.64. The number of aryl methyl sites for hydroxylation is 3. The highest BCUT2D eigenvalue weighted by atomic mass is 79.9. The normalized spacial score (nSPS) is 11.0. The van der Waals surface area contributed by atoms with Gasteiger partial charge in [0.1, 0.15) is 17.1 Å². The molecule has 0 aliphatic carbocycles. The van der Waals surface area contributed by atoms with Crippen LogP contribution >= 0.6 is 15.9 Å². The summed E-state index contributed by atoms with van der Waals surface area (Å²) in [6.07, 6.45) is 1.81. The van der Waals surface area contributed by atoms with Crippen molar-refractivity contribution in [3.63, 3.8) is 0 Å². The number of benzene rings is 1. The molecule has 5 nitrogen and oxygen atoms in total. The molecule has 6 heteroatoms. The highest BCUT2D eigenvalue weighted by Gasteiger charge is 2.19. The lowest BCUT2D eigenvalue weighted by atomic mass is 10.2. The number of aromatic nitrogens is 2. The molecule has 23 heavy (non-hydrogen) atoms. The average Bonchev–Trinajstić information content (AvgIpc) is 2.79. The molecule has 0 atom stereocenters. The average molecular weight is 374 g/mol. The van der Waals surface area contributed by atoms with Gasteiger partial charge in [0.05, 0.1) is 11.4 Å². The molecule has 2 heterocycles. The SMILES string of the molecule is Cc1ccc(O)c(NC(=O)c2c(C)nc3c(C)cc(Br)cn23)c1. The van der Waals surface area contributed by atoms with Gasteiger partial charge in [0.25, 0.3) is 5.91 Å². The first-order chi connectivity index (χ1) is 10.9. The van der Waals surface area contributed by atoms with Gasteiger partial charge in [0.15, 0.2) is 0 Å². The van der Waals surface area contributed by atoms with E-state index in [0.29, 0.717) is 17.1 Å². The number of hydrogen-bond donors (Lipinski definition) is 2. The Morgan fingerprint density at radius 2 is 2.00 bits per heavy atom. The van der Waals surface area contributed by atoms with Gasteiger partial charge in [-0.3, -0.25) is 9.20 Å². The summed E-state index contributed by atoms with van der Waals surface area (Å²) in [4.78, 5) is 17.2. The number of aromatic hydroxyl groups is 1. The van der Waals surface area contributed by atoms with Crippen molar-refractivity contribution in [3.05, 3.63) is 57.4 Å². The predicted molar refractivity (Wildman–Crippen MR) is 93.2 cm³/mol. The van der Waals surface area contributed by atoms with Crippen LogP contribution in [-0.2, 0) is 0 Å². The molecule has 0 radical (unpaired) electrons. The van der Waals surface area contributed by atoms with Crippen molar-refractivity contribution in [1.82, 2.24) is 9.38 Å². The Morgan fingerprint density at radius 3 is 2.74 bits per heavy atom. The fourth-order valence-electron chi connectivity index (χ4n) is 2.59. The number of nitrogens with one attached hydrogen (secondary N) is 1. The van der Waals surface area contributed by atoms with Crippen LogP contribution in [0.25, 0.3) is 5.65 Å². The Kier molecular flexibility index (Phi) is 3.85. The minimum absolute atomic E-state index is 0.0350. The summed E-state index contributed by atoms with van der Waals surface area (Å²) >= 11 is 3.44. The zero-order valence-electron chi connectivity index (χ0n) is 13.0. The molecule has 2 aromatic heterocycles. The van der Waals surface area contributed by atoms with Crippen LogP contribution in [0.4, 0.5) is 5.69 Å². The first-order valence-electron chi connectivity index (χ1n) is 7.12. The van der Waals surface area contributed by atoms with E-state index in [-0.39, 0.29) is 11.7 Å². The number of imidazole rings is 1. The molecule has 0 spiro atoms. The number of carbonyl (C=O) groups excluding carboxylic acids is 1. The van der Waals surface area contributed by atoms with Gasteiger partial charge in [-0.1, -0.05) is 6.07 Å². The quantitative estimate of drug-likeness (QED) is 0.667. The number of hydrogen-bond acceptors (Lipinski definition) is 3. The number of halogens is 1. The maximum absolute atomic E-state index is 12.7.